The van der Waals surface area contributed by atoms with Crippen LogP contribution in [0.4, 0.5) is 0 Å². The van der Waals surface area contributed by atoms with E-state index in [-0.39, 0.29) is 5.41 Å². The van der Waals surface area contributed by atoms with Gasteiger partial charge in [0.1, 0.15) is 5.75 Å². The molecule has 0 heterocycles. The number of aryl methyl sites for hydroxylation is 2. The Morgan fingerprint density at radius 2 is 1.00 bits per heavy atom. The van der Waals surface area contributed by atoms with Crippen LogP contribution < -0.4 is 0 Å². The third kappa shape index (κ3) is 9.67. The van der Waals surface area contributed by atoms with Crippen LogP contribution >= 0.6 is 0 Å². The van der Waals surface area contributed by atoms with Gasteiger partial charge in [0, 0.05) is 0 Å². The fourth-order valence-corrected chi connectivity index (χ4v) is 3.77. The maximum atomic E-state index is 10.9. The molecule has 1 aromatic rings. The monoisotopic (exact) mass is 374 g/mol. The summed E-state index contributed by atoms with van der Waals surface area (Å²) in [5.41, 5.74) is 3.87. The number of hydrogen-bond acceptors (Lipinski definition) is 1. The number of phenols is 1. The van der Waals surface area contributed by atoms with E-state index >= 15 is 0 Å². The van der Waals surface area contributed by atoms with Crippen molar-refractivity contribution in [3.8, 4) is 5.75 Å². The highest BCUT2D eigenvalue weighted by Crippen LogP contribution is 2.33. The summed E-state index contributed by atoms with van der Waals surface area (Å²) in [5, 5.41) is 10.9. The van der Waals surface area contributed by atoms with E-state index in [0.717, 1.165) is 12.8 Å². The zero-order chi connectivity index (χ0) is 20.1. The van der Waals surface area contributed by atoms with Gasteiger partial charge in [-0.05, 0) is 47.8 Å². The lowest BCUT2D eigenvalue weighted by Crippen LogP contribution is -2.12. The first kappa shape index (κ1) is 24.1. The minimum Gasteiger partial charge on any atom is -0.507 e. The molecule has 0 atom stereocenters. The van der Waals surface area contributed by atoms with Crippen molar-refractivity contribution in [2.75, 3.05) is 0 Å². The third-order valence-electron chi connectivity index (χ3n) is 5.73. The molecule has 0 saturated heterocycles. The maximum absolute atomic E-state index is 10.9. The number of unbranched alkanes of at least 4 members (excludes halogenated alkanes) is 10. The summed E-state index contributed by atoms with van der Waals surface area (Å²) >= 11 is 0. The van der Waals surface area contributed by atoms with E-state index in [9.17, 15) is 5.11 Å². The van der Waals surface area contributed by atoms with Gasteiger partial charge in [0.2, 0.25) is 0 Å². The quantitative estimate of drug-likeness (QED) is 0.324. The van der Waals surface area contributed by atoms with Crippen LogP contribution in [0, 0.1) is 0 Å². The summed E-state index contributed by atoms with van der Waals surface area (Å²) in [4.78, 5) is 0. The second kappa shape index (κ2) is 13.2. The zero-order valence-electron chi connectivity index (χ0n) is 19.0. The molecule has 0 aliphatic carbocycles. The fraction of sp³-hybridized carbons (Fsp3) is 0.769. The molecule has 0 saturated carbocycles. The Morgan fingerprint density at radius 1 is 0.630 bits per heavy atom. The van der Waals surface area contributed by atoms with Gasteiger partial charge in [-0.15, -0.1) is 0 Å². The zero-order valence-corrected chi connectivity index (χ0v) is 19.0. The van der Waals surface area contributed by atoms with Gasteiger partial charge in [-0.2, -0.15) is 0 Å². The highest BCUT2D eigenvalue weighted by Gasteiger charge is 2.18. The predicted molar refractivity (Wildman–Crippen MR) is 121 cm³/mol. The average Bonchev–Trinajstić information content (AvgIpc) is 2.62. The molecular weight excluding hydrogens is 328 g/mol. The van der Waals surface area contributed by atoms with Crippen molar-refractivity contribution in [1.82, 2.24) is 0 Å². The normalized spacial score (nSPS) is 11.9. The lowest BCUT2D eigenvalue weighted by atomic mass is 9.83. The molecule has 1 aromatic carbocycles. The highest BCUT2D eigenvalue weighted by atomic mass is 16.3. The van der Waals surface area contributed by atoms with Crippen molar-refractivity contribution in [3.05, 3.63) is 28.8 Å². The van der Waals surface area contributed by atoms with Crippen molar-refractivity contribution in [2.45, 2.75) is 130 Å². The molecule has 1 heteroatoms. The minimum atomic E-state index is 0.138. The van der Waals surface area contributed by atoms with E-state index in [1.165, 1.54) is 93.7 Å². The van der Waals surface area contributed by atoms with Crippen LogP contribution in [0.2, 0.25) is 0 Å². The van der Waals surface area contributed by atoms with E-state index < -0.39 is 0 Å². The lowest BCUT2D eigenvalue weighted by Gasteiger charge is -2.22. The molecule has 0 spiro atoms. The van der Waals surface area contributed by atoms with Crippen molar-refractivity contribution in [1.29, 1.82) is 0 Å². The Balaban J connectivity index is 2.68. The van der Waals surface area contributed by atoms with Crippen molar-refractivity contribution in [3.63, 3.8) is 0 Å². The van der Waals surface area contributed by atoms with E-state index in [1.54, 1.807) is 0 Å². The second-order valence-electron chi connectivity index (χ2n) is 9.43. The van der Waals surface area contributed by atoms with Crippen LogP contribution in [0.15, 0.2) is 12.1 Å². The average molecular weight is 375 g/mol. The van der Waals surface area contributed by atoms with Crippen molar-refractivity contribution >= 4 is 0 Å². The van der Waals surface area contributed by atoms with Crippen molar-refractivity contribution in [2.24, 2.45) is 0 Å². The van der Waals surface area contributed by atoms with Crippen LogP contribution in [-0.4, -0.2) is 5.11 Å². The van der Waals surface area contributed by atoms with Crippen LogP contribution in [0.25, 0.3) is 0 Å². The first-order valence-corrected chi connectivity index (χ1v) is 11.7. The summed E-state index contributed by atoms with van der Waals surface area (Å²) < 4.78 is 0. The topological polar surface area (TPSA) is 20.2 Å². The Labute approximate surface area is 170 Å². The first-order valence-electron chi connectivity index (χ1n) is 11.7. The molecule has 0 aromatic heterocycles. The van der Waals surface area contributed by atoms with Gasteiger partial charge >= 0.3 is 0 Å². The van der Waals surface area contributed by atoms with Gasteiger partial charge in [0.25, 0.3) is 0 Å². The van der Waals surface area contributed by atoms with Crippen LogP contribution in [0.1, 0.15) is 128 Å². The Morgan fingerprint density at radius 3 is 1.37 bits per heavy atom. The molecule has 1 nitrogen and oxygen atoms in total. The predicted octanol–water partition coefficient (Wildman–Crippen LogP) is 8.50. The molecule has 0 bridgehead atoms. The van der Waals surface area contributed by atoms with E-state index in [4.69, 9.17) is 0 Å². The van der Waals surface area contributed by atoms with Gasteiger partial charge in [-0.3, -0.25) is 0 Å². The molecule has 0 fully saturated rings. The number of benzene rings is 1. The third-order valence-corrected chi connectivity index (χ3v) is 5.73. The standard InChI is InChI=1S/C26H46O/c1-6-8-10-12-14-16-18-22-20-24(26(3,4)5)21-23(25(22)27)19-17-15-13-11-9-7-2/h20-21,27H,6-19H2,1-5H3. The van der Waals surface area contributed by atoms with Gasteiger partial charge in [0.05, 0.1) is 0 Å². The SMILES string of the molecule is CCCCCCCCc1cc(C(C)(C)C)cc(CCCCCCCC)c1O. The van der Waals surface area contributed by atoms with E-state index in [0.29, 0.717) is 5.75 Å². The fourth-order valence-electron chi connectivity index (χ4n) is 3.77. The molecular formula is C26H46O. The first-order chi connectivity index (χ1) is 12.9. The summed E-state index contributed by atoms with van der Waals surface area (Å²) in [5.74, 6) is 0.588. The largest absolute Gasteiger partial charge is 0.507 e. The van der Waals surface area contributed by atoms with Crippen molar-refractivity contribution < 1.29 is 5.11 Å². The smallest absolute Gasteiger partial charge is 0.121 e. The van der Waals surface area contributed by atoms with Gasteiger partial charge in [-0.1, -0.05) is 111 Å². The number of rotatable bonds is 14. The lowest BCUT2D eigenvalue weighted by molar-refractivity contribution is 0.455. The van der Waals surface area contributed by atoms with Gasteiger partial charge in [-0.25, -0.2) is 0 Å². The molecule has 0 aliphatic heterocycles. The summed E-state index contributed by atoms with van der Waals surface area (Å²) in [6.45, 7) is 11.4. The maximum Gasteiger partial charge on any atom is 0.121 e. The molecule has 27 heavy (non-hydrogen) atoms. The molecule has 0 radical (unpaired) electrons. The summed E-state index contributed by atoms with van der Waals surface area (Å²) in [7, 11) is 0. The summed E-state index contributed by atoms with van der Waals surface area (Å²) in [6.07, 6.45) is 17.7. The Kier molecular flexibility index (Phi) is 11.8. The second-order valence-corrected chi connectivity index (χ2v) is 9.43. The molecule has 1 rings (SSSR count). The number of aromatic hydroxyl groups is 1. The van der Waals surface area contributed by atoms with E-state index in [2.05, 4.69) is 46.8 Å². The Bertz CT molecular complexity index is 472. The molecule has 156 valence electrons. The minimum absolute atomic E-state index is 0.138. The van der Waals surface area contributed by atoms with E-state index in [1.807, 2.05) is 0 Å². The molecule has 0 aliphatic rings. The molecule has 0 unspecified atom stereocenters. The van der Waals surface area contributed by atoms with Crippen LogP contribution in [0.3, 0.4) is 0 Å². The molecule has 1 N–H and O–H groups in total. The number of phenolic OH excluding ortho intramolecular Hbond substituents is 1. The van der Waals surface area contributed by atoms with Gasteiger partial charge < -0.3 is 5.11 Å². The molecule has 0 amide bonds. The van der Waals surface area contributed by atoms with Crippen LogP contribution in [0.5, 0.6) is 5.75 Å². The highest BCUT2D eigenvalue weighted by molar-refractivity contribution is 5.46. The van der Waals surface area contributed by atoms with Crippen LogP contribution in [-0.2, 0) is 18.3 Å². The summed E-state index contributed by atoms with van der Waals surface area (Å²) in [6, 6.07) is 4.54. The Hall–Kier alpha value is -0.980. The van der Waals surface area contributed by atoms with Gasteiger partial charge in [0.15, 0.2) is 0 Å². The number of hydrogen-bond donors (Lipinski definition) is 1.